The van der Waals surface area contributed by atoms with Crippen LogP contribution in [0.4, 0.5) is 4.39 Å². The maximum Gasteiger partial charge on any atom is 0.302 e. The van der Waals surface area contributed by atoms with E-state index >= 15 is 0 Å². The molecule has 0 bridgehead atoms. The molecule has 1 unspecified atom stereocenters. The molecule has 24 heavy (non-hydrogen) atoms. The molecule has 7 heteroatoms. The third-order valence-corrected chi connectivity index (χ3v) is 5.56. The molecule has 0 amide bonds. The van der Waals surface area contributed by atoms with Crippen molar-refractivity contribution >= 4 is 49.3 Å². The fraction of sp³-hybridized carbons (Fsp3) is 0.118. The SMILES string of the molecule is CC(=O)OC/C(=C(\Cl)c1ccc(Br)cc1)S(=O)c1ccc(F)cc1. The fourth-order valence-electron chi connectivity index (χ4n) is 1.82. The lowest BCUT2D eigenvalue weighted by atomic mass is 10.2. The number of hydrogen-bond donors (Lipinski definition) is 0. The maximum atomic E-state index is 13.1. The van der Waals surface area contributed by atoms with E-state index in [4.69, 9.17) is 16.3 Å². The Labute approximate surface area is 155 Å². The van der Waals surface area contributed by atoms with Gasteiger partial charge in [0.25, 0.3) is 0 Å². The van der Waals surface area contributed by atoms with Crippen LogP contribution in [0.25, 0.3) is 5.03 Å². The highest BCUT2D eigenvalue weighted by molar-refractivity contribution is 9.10. The van der Waals surface area contributed by atoms with Crippen LogP contribution in [0.5, 0.6) is 0 Å². The average molecular weight is 432 g/mol. The molecule has 2 aromatic carbocycles. The lowest BCUT2D eigenvalue weighted by molar-refractivity contribution is -0.139. The Hall–Kier alpha value is -1.50. The van der Waals surface area contributed by atoms with Gasteiger partial charge >= 0.3 is 5.97 Å². The summed E-state index contributed by atoms with van der Waals surface area (Å²) in [6.45, 7) is 1.04. The topological polar surface area (TPSA) is 43.4 Å². The molecule has 0 radical (unpaired) electrons. The molecule has 3 nitrogen and oxygen atoms in total. The first-order valence-corrected chi connectivity index (χ1v) is 9.16. The summed E-state index contributed by atoms with van der Waals surface area (Å²) in [6, 6.07) is 12.3. The average Bonchev–Trinajstić information content (AvgIpc) is 2.55. The van der Waals surface area contributed by atoms with Crippen LogP contribution in [-0.4, -0.2) is 16.8 Å². The summed E-state index contributed by atoms with van der Waals surface area (Å²) < 4.78 is 31.7. The van der Waals surface area contributed by atoms with Crippen LogP contribution in [-0.2, 0) is 20.3 Å². The Kier molecular flexibility index (Phi) is 6.71. The molecule has 0 aliphatic carbocycles. The van der Waals surface area contributed by atoms with Gasteiger partial charge in [-0.05, 0) is 42.0 Å². The summed E-state index contributed by atoms with van der Waals surface area (Å²) in [5, 5.41) is 0.228. The van der Waals surface area contributed by atoms with Gasteiger partial charge in [0.1, 0.15) is 12.4 Å². The first kappa shape index (κ1) is 18.8. The molecule has 0 saturated heterocycles. The second-order valence-corrected chi connectivity index (χ2v) is 7.54. The van der Waals surface area contributed by atoms with Gasteiger partial charge in [-0.1, -0.05) is 39.7 Å². The number of halogens is 3. The van der Waals surface area contributed by atoms with Gasteiger partial charge in [0.05, 0.1) is 20.7 Å². The van der Waals surface area contributed by atoms with E-state index in [1.165, 1.54) is 31.2 Å². The van der Waals surface area contributed by atoms with E-state index in [0.717, 1.165) is 4.47 Å². The number of esters is 1. The maximum absolute atomic E-state index is 13.1. The van der Waals surface area contributed by atoms with Crippen molar-refractivity contribution < 1.29 is 18.1 Å². The molecular formula is C17H13BrClFO3S. The zero-order valence-corrected chi connectivity index (χ0v) is 15.8. The van der Waals surface area contributed by atoms with Gasteiger partial charge < -0.3 is 4.74 Å². The zero-order chi connectivity index (χ0) is 17.7. The monoisotopic (exact) mass is 430 g/mol. The van der Waals surface area contributed by atoms with Gasteiger partial charge in [0.15, 0.2) is 0 Å². The van der Waals surface area contributed by atoms with Crippen molar-refractivity contribution in [3.63, 3.8) is 0 Å². The van der Waals surface area contributed by atoms with E-state index in [1.54, 1.807) is 24.3 Å². The molecule has 0 heterocycles. The normalized spacial score (nSPS) is 13.2. The van der Waals surface area contributed by atoms with E-state index in [2.05, 4.69) is 15.9 Å². The smallest absolute Gasteiger partial charge is 0.302 e. The lowest BCUT2D eigenvalue weighted by Gasteiger charge is -2.11. The Bertz CT molecular complexity index is 788. The molecule has 2 aromatic rings. The number of carbonyl (C=O) groups excluding carboxylic acids is 1. The van der Waals surface area contributed by atoms with Crippen molar-refractivity contribution in [2.24, 2.45) is 0 Å². The minimum Gasteiger partial charge on any atom is -0.460 e. The van der Waals surface area contributed by atoms with Crippen LogP contribution >= 0.6 is 27.5 Å². The van der Waals surface area contributed by atoms with Crippen molar-refractivity contribution in [2.45, 2.75) is 11.8 Å². The first-order chi connectivity index (χ1) is 11.4. The van der Waals surface area contributed by atoms with E-state index in [1.807, 2.05) is 0 Å². The fourth-order valence-corrected chi connectivity index (χ4v) is 3.59. The Morgan fingerprint density at radius 2 is 1.75 bits per heavy atom. The Morgan fingerprint density at radius 1 is 1.17 bits per heavy atom. The van der Waals surface area contributed by atoms with Crippen LogP contribution in [0.3, 0.4) is 0 Å². The van der Waals surface area contributed by atoms with Crippen LogP contribution in [0.1, 0.15) is 12.5 Å². The number of ether oxygens (including phenoxy) is 1. The molecule has 0 aliphatic rings. The lowest BCUT2D eigenvalue weighted by Crippen LogP contribution is -2.09. The standard InChI is InChI=1S/C17H13BrClFO3S/c1-11(21)23-10-16(17(19)12-2-4-13(18)5-3-12)24(22)15-8-6-14(20)7-9-15/h2-9H,10H2,1H3/b17-16+. The molecule has 2 rings (SSSR count). The molecule has 0 saturated carbocycles. The summed E-state index contributed by atoms with van der Waals surface area (Å²) in [4.78, 5) is 11.7. The summed E-state index contributed by atoms with van der Waals surface area (Å²) in [5.74, 6) is -0.941. The van der Waals surface area contributed by atoms with Gasteiger partial charge in [-0.15, -0.1) is 0 Å². The van der Waals surface area contributed by atoms with Crippen molar-refractivity contribution in [3.8, 4) is 0 Å². The molecule has 0 aliphatic heterocycles. The Balaban J connectivity index is 2.44. The van der Waals surface area contributed by atoms with Gasteiger partial charge in [-0.25, -0.2) is 8.60 Å². The molecule has 0 N–H and O–H groups in total. The third kappa shape index (κ3) is 5.00. The van der Waals surface area contributed by atoms with Gasteiger partial charge in [-0.3, -0.25) is 4.79 Å². The Morgan fingerprint density at radius 3 is 2.29 bits per heavy atom. The highest BCUT2D eigenvalue weighted by Crippen LogP contribution is 2.29. The van der Waals surface area contributed by atoms with Crippen molar-refractivity contribution in [1.29, 1.82) is 0 Å². The number of hydrogen-bond acceptors (Lipinski definition) is 3. The first-order valence-electron chi connectivity index (χ1n) is 6.84. The highest BCUT2D eigenvalue weighted by atomic mass is 79.9. The minimum absolute atomic E-state index is 0.214. The molecular weight excluding hydrogens is 419 g/mol. The van der Waals surface area contributed by atoms with Crippen LogP contribution in [0.15, 0.2) is 62.8 Å². The van der Waals surface area contributed by atoms with E-state index in [-0.39, 0.29) is 16.5 Å². The third-order valence-electron chi connectivity index (χ3n) is 3.00. The molecule has 0 aromatic heterocycles. The van der Waals surface area contributed by atoms with E-state index in [9.17, 15) is 13.4 Å². The van der Waals surface area contributed by atoms with E-state index in [0.29, 0.717) is 10.5 Å². The van der Waals surface area contributed by atoms with Gasteiger partial charge in [-0.2, -0.15) is 0 Å². The highest BCUT2D eigenvalue weighted by Gasteiger charge is 2.18. The number of rotatable bonds is 5. The largest absolute Gasteiger partial charge is 0.460 e. The molecule has 0 spiro atoms. The van der Waals surface area contributed by atoms with Gasteiger partial charge in [0, 0.05) is 16.3 Å². The van der Waals surface area contributed by atoms with Crippen LogP contribution in [0, 0.1) is 5.82 Å². The summed E-state index contributed by atoms with van der Waals surface area (Å²) in [7, 11) is -1.69. The van der Waals surface area contributed by atoms with Gasteiger partial charge in [0.2, 0.25) is 0 Å². The van der Waals surface area contributed by atoms with Crippen molar-refractivity contribution in [2.75, 3.05) is 6.61 Å². The van der Waals surface area contributed by atoms with Crippen molar-refractivity contribution in [1.82, 2.24) is 0 Å². The quantitative estimate of drug-likeness (QED) is 0.635. The summed E-state index contributed by atoms with van der Waals surface area (Å²) in [5.41, 5.74) is 0.637. The molecule has 126 valence electrons. The second-order valence-electron chi connectivity index (χ2n) is 4.75. The predicted octanol–water partition coefficient (Wildman–Crippen LogP) is 4.87. The van der Waals surface area contributed by atoms with Crippen molar-refractivity contribution in [3.05, 3.63) is 69.3 Å². The van der Waals surface area contributed by atoms with Crippen LogP contribution in [0.2, 0.25) is 0 Å². The van der Waals surface area contributed by atoms with E-state index < -0.39 is 22.6 Å². The number of carbonyl (C=O) groups is 1. The van der Waals surface area contributed by atoms with Crippen LogP contribution < -0.4 is 0 Å². The second kappa shape index (κ2) is 8.55. The predicted molar refractivity (Wildman–Crippen MR) is 96.4 cm³/mol. The molecule has 1 atom stereocenters. The zero-order valence-electron chi connectivity index (χ0n) is 12.6. The molecule has 0 fully saturated rings. The summed E-state index contributed by atoms with van der Waals surface area (Å²) >= 11 is 9.72. The number of benzene rings is 2. The minimum atomic E-state index is -1.69. The summed E-state index contributed by atoms with van der Waals surface area (Å²) in [6.07, 6.45) is 0.